The summed E-state index contributed by atoms with van der Waals surface area (Å²) in [7, 11) is 1.75. The lowest BCUT2D eigenvalue weighted by atomic mass is 10.1. The van der Waals surface area contributed by atoms with Gasteiger partial charge in [-0.2, -0.15) is 0 Å². The molecule has 1 aromatic rings. The van der Waals surface area contributed by atoms with Crippen LogP contribution in [0.5, 0.6) is 0 Å². The van der Waals surface area contributed by atoms with Crippen LogP contribution in [0.1, 0.15) is 25.6 Å². The number of halogens is 1. The van der Waals surface area contributed by atoms with Gasteiger partial charge in [0.05, 0.1) is 12.1 Å². The summed E-state index contributed by atoms with van der Waals surface area (Å²) in [5.41, 5.74) is 2.60. The Bertz CT molecular complexity index is 381. The molecular formula is C11H14BrNO. The molecule has 0 spiro atoms. The maximum Gasteiger partial charge on any atom is 0.0776 e. The first-order valence-electron chi connectivity index (χ1n) is 4.75. The largest absolute Gasteiger partial charge is 0.377 e. The van der Waals surface area contributed by atoms with Crippen molar-refractivity contribution in [1.82, 2.24) is 4.57 Å². The molecule has 2 atom stereocenters. The molecule has 14 heavy (non-hydrogen) atoms. The normalized spacial score (nSPS) is 22.0. The first-order chi connectivity index (χ1) is 6.63. The van der Waals surface area contributed by atoms with Crippen LogP contribution in [0.2, 0.25) is 0 Å². The van der Waals surface area contributed by atoms with Gasteiger partial charge in [-0.05, 0) is 47.5 Å². The molecule has 1 aliphatic heterocycles. The summed E-state index contributed by atoms with van der Waals surface area (Å²) < 4.78 is 8.74. The van der Waals surface area contributed by atoms with E-state index in [9.17, 15) is 0 Å². The average molecular weight is 256 g/mol. The van der Waals surface area contributed by atoms with Crippen molar-refractivity contribution in [2.45, 2.75) is 26.0 Å². The number of hydrogen-bond acceptors (Lipinski definition) is 1. The van der Waals surface area contributed by atoms with E-state index in [0.29, 0.717) is 6.04 Å². The summed E-state index contributed by atoms with van der Waals surface area (Å²) in [4.78, 5) is 0. The van der Waals surface area contributed by atoms with Crippen molar-refractivity contribution in [2.75, 3.05) is 7.11 Å². The lowest BCUT2D eigenvalue weighted by Crippen LogP contribution is -2.14. The number of methoxy groups -OCH3 is 1. The first-order valence-corrected chi connectivity index (χ1v) is 5.54. The molecule has 2 rings (SSSR count). The minimum absolute atomic E-state index is 0.198. The van der Waals surface area contributed by atoms with E-state index in [1.807, 2.05) is 0 Å². The summed E-state index contributed by atoms with van der Waals surface area (Å²) >= 11 is 3.48. The van der Waals surface area contributed by atoms with Gasteiger partial charge < -0.3 is 9.30 Å². The molecule has 0 aromatic carbocycles. The zero-order chi connectivity index (χ0) is 10.3. The fourth-order valence-corrected chi connectivity index (χ4v) is 2.41. The molecule has 0 radical (unpaired) electrons. The average Bonchev–Trinajstić information content (AvgIpc) is 2.64. The van der Waals surface area contributed by atoms with Gasteiger partial charge in [-0.1, -0.05) is 0 Å². The van der Waals surface area contributed by atoms with Gasteiger partial charge in [-0.25, -0.2) is 0 Å². The Kier molecular flexibility index (Phi) is 2.54. The molecule has 3 heteroatoms. The van der Waals surface area contributed by atoms with Crippen LogP contribution in [0.3, 0.4) is 0 Å². The molecule has 0 amide bonds. The van der Waals surface area contributed by atoms with Gasteiger partial charge in [0.15, 0.2) is 0 Å². The maximum absolute atomic E-state index is 5.34. The SMILES string of the molecule is CO[C@@H](C)C1=Cc2cc(Br)cn2C1C. The van der Waals surface area contributed by atoms with Crippen molar-refractivity contribution in [3.05, 3.63) is 28.0 Å². The third-order valence-electron chi connectivity index (χ3n) is 2.88. The molecular weight excluding hydrogens is 242 g/mol. The molecule has 76 valence electrons. The van der Waals surface area contributed by atoms with E-state index in [0.717, 1.165) is 4.47 Å². The van der Waals surface area contributed by atoms with Crippen molar-refractivity contribution >= 4 is 22.0 Å². The van der Waals surface area contributed by atoms with Crippen molar-refractivity contribution in [2.24, 2.45) is 0 Å². The van der Waals surface area contributed by atoms with E-state index in [2.05, 4.69) is 52.7 Å². The third kappa shape index (κ3) is 1.44. The first kappa shape index (κ1) is 9.99. The number of rotatable bonds is 2. The molecule has 1 aliphatic rings. The maximum atomic E-state index is 5.34. The Morgan fingerprint density at radius 1 is 1.57 bits per heavy atom. The number of hydrogen-bond donors (Lipinski definition) is 0. The van der Waals surface area contributed by atoms with Gasteiger partial charge in [0.25, 0.3) is 0 Å². The zero-order valence-electron chi connectivity index (χ0n) is 8.62. The molecule has 0 N–H and O–H groups in total. The molecule has 2 heterocycles. The van der Waals surface area contributed by atoms with Crippen molar-refractivity contribution in [3.63, 3.8) is 0 Å². The minimum atomic E-state index is 0.198. The smallest absolute Gasteiger partial charge is 0.0776 e. The fraction of sp³-hybridized carbons (Fsp3) is 0.455. The van der Waals surface area contributed by atoms with Crippen LogP contribution in [0.15, 0.2) is 22.3 Å². The van der Waals surface area contributed by atoms with Crippen LogP contribution in [0, 0.1) is 0 Å². The number of fused-ring (bicyclic) bond motifs is 1. The zero-order valence-corrected chi connectivity index (χ0v) is 10.2. The monoisotopic (exact) mass is 255 g/mol. The van der Waals surface area contributed by atoms with E-state index < -0.39 is 0 Å². The van der Waals surface area contributed by atoms with E-state index in [4.69, 9.17) is 4.74 Å². The van der Waals surface area contributed by atoms with Crippen LogP contribution in [0.25, 0.3) is 6.08 Å². The predicted octanol–water partition coefficient (Wildman–Crippen LogP) is 3.24. The lowest BCUT2D eigenvalue weighted by Gasteiger charge is -2.17. The lowest BCUT2D eigenvalue weighted by molar-refractivity contribution is 0.141. The Hall–Kier alpha value is -0.540. The van der Waals surface area contributed by atoms with E-state index in [1.165, 1.54) is 11.3 Å². The third-order valence-corrected chi connectivity index (χ3v) is 3.32. The quantitative estimate of drug-likeness (QED) is 0.792. The van der Waals surface area contributed by atoms with Crippen molar-refractivity contribution < 1.29 is 4.74 Å². The Labute approximate surface area is 92.7 Å². The number of ether oxygens (including phenoxy) is 1. The van der Waals surface area contributed by atoms with Gasteiger partial charge >= 0.3 is 0 Å². The van der Waals surface area contributed by atoms with E-state index in [-0.39, 0.29) is 6.10 Å². The number of nitrogens with zero attached hydrogens (tertiary/aromatic N) is 1. The molecule has 2 nitrogen and oxygen atoms in total. The van der Waals surface area contributed by atoms with Crippen LogP contribution < -0.4 is 0 Å². The second-order valence-corrected chi connectivity index (χ2v) is 4.60. The summed E-state index contributed by atoms with van der Waals surface area (Å²) in [6, 6.07) is 2.54. The highest BCUT2D eigenvalue weighted by molar-refractivity contribution is 9.10. The molecule has 0 aliphatic carbocycles. The van der Waals surface area contributed by atoms with Crippen LogP contribution in [-0.4, -0.2) is 17.8 Å². The standard InChI is InChI=1S/C11H14BrNO/c1-7-11(8(2)14-3)5-10-4-9(12)6-13(7)10/h4-8H,1-3H3/t7?,8-/m0/s1. The summed E-state index contributed by atoms with van der Waals surface area (Å²) in [5.74, 6) is 0. The van der Waals surface area contributed by atoms with Gasteiger partial charge in [0.1, 0.15) is 0 Å². The van der Waals surface area contributed by atoms with Crippen LogP contribution >= 0.6 is 15.9 Å². The minimum Gasteiger partial charge on any atom is -0.377 e. The van der Waals surface area contributed by atoms with Crippen molar-refractivity contribution in [1.29, 1.82) is 0 Å². The fourth-order valence-electron chi connectivity index (χ4n) is 1.96. The highest BCUT2D eigenvalue weighted by atomic mass is 79.9. The molecule has 0 bridgehead atoms. The second-order valence-electron chi connectivity index (χ2n) is 3.69. The Morgan fingerprint density at radius 3 is 2.86 bits per heavy atom. The van der Waals surface area contributed by atoms with Crippen LogP contribution in [-0.2, 0) is 4.74 Å². The summed E-state index contributed by atoms with van der Waals surface area (Å²) in [5, 5.41) is 0. The molecule has 0 fully saturated rings. The molecule has 0 saturated carbocycles. The summed E-state index contributed by atoms with van der Waals surface area (Å²) in [6.45, 7) is 4.29. The van der Waals surface area contributed by atoms with E-state index >= 15 is 0 Å². The van der Waals surface area contributed by atoms with E-state index in [1.54, 1.807) is 7.11 Å². The Balaban J connectivity index is 2.35. The van der Waals surface area contributed by atoms with Gasteiger partial charge in [0, 0.05) is 23.5 Å². The molecule has 1 unspecified atom stereocenters. The van der Waals surface area contributed by atoms with Crippen molar-refractivity contribution in [3.8, 4) is 0 Å². The highest BCUT2D eigenvalue weighted by Crippen LogP contribution is 2.34. The predicted molar refractivity (Wildman–Crippen MR) is 61.3 cm³/mol. The van der Waals surface area contributed by atoms with Gasteiger partial charge in [-0.15, -0.1) is 0 Å². The van der Waals surface area contributed by atoms with Gasteiger partial charge in [-0.3, -0.25) is 0 Å². The second kappa shape index (κ2) is 3.55. The topological polar surface area (TPSA) is 14.2 Å². The summed E-state index contributed by atoms with van der Waals surface area (Å²) in [6.07, 6.45) is 4.53. The van der Waals surface area contributed by atoms with Crippen LogP contribution in [0.4, 0.5) is 0 Å². The molecule has 0 saturated heterocycles. The molecule has 1 aromatic heterocycles. The Morgan fingerprint density at radius 2 is 2.29 bits per heavy atom. The number of aromatic nitrogens is 1. The highest BCUT2D eigenvalue weighted by Gasteiger charge is 2.24. The van der Waals surface area contributed by atoms with Gasteiger partial charge in [0.2, 0.25) is 0 Å².